The zero-order valence-corrected chi connectivity index (χ0v) is 19.1. The van der Waals surface area contributed by atoms with Crippen LogP contribution in [0.25, 0.3) is 17.3 Å². The fraction of sp³-hybridized carbons (Fsp3) is 0.174. The van der Waals surface area contributed by atoms with Crippen molar-refractivity contribution in [1.82, 2.24) is 14.8 Å². The van der Waals surface area contributed by atoms with Gasteiger partial charge in [-0.15, -0.1) is 10.2 Å². The largest absolute Gasteiger partial charge is 0.494 e. The molecule has 7 nitrogen and oxygen atoms in total. The normalized spacial score (nSPS) is 10.8. The summed E-state index contributed by atoms with van der Waals surface area (Å²) in [5.74, 6) is 1.92. The first kappa shape index (κ1) is 22.0. The van der Waals surface area contributed by atoms with Gasteiger partial charge in [0.25, 0.3) is 0 Å². The monoisotopic (exact) mass is 468 g/mol. The zero-order chi connectivity index (χ0) is 22.5. The third-order valence-corrected chi connectivity index (χ3v) is 5.74. The number of aryl methyl sites for hydroxylation is 1. The number of aromatic nitrogens is 3. The van der Waals surface area contributed by atoms with Crippen molar-refractivity contribution in [2.24, 2.45) is 0 Å². The number of hydrogen-bond donors (Lipinski definition) is 1. The van der Waals surface area contributed by atoms with Crippen LogP contribution in [0.15, 0.2) is 70.4 Å². The van der Waals surface area contributed by atoms with Crippen molar-refractivity contribution in [2.75, 3.05) is 17.7 Å². The number of nitrogens with zero attached hydrogens (tertiary/aromatic N) is 3. The molecule has 0 aliphatic heterocycles. The first-order valence-electron chi connectivity index (χ1n) is 9.96. The van der Waals surface area contributed by atoms with Gasteiger partial charge in [-0.2, -0.15) is 0 Å². The van der Waals surface area contributed by atoms with Gasteiger partial charge < -0.3 is 14.5 Å². The van der Waals surface area contributed by atoms with Crippen LogP contribution < -0.4 is 10.1 Å². The van der Waals surface area contributed by atoms with E-state index in [1.54, 1.807) is 24.5 Å². The fourth-order valence-electron chi connectivity index (χ4n) is 3.10. The Hall–Kier alpha value is -3.23. The molecule has 9 heteroatoms. The predicted octanol–water partition coefficient (Wildman–Crippen LogP) is 5.62. The lowest BCUT2D eigenvalue weighted by molar-refractivity contribution is -0.113. The van der Waals surface area contributed by atoms with E-state index in [0.717, 1.165) is 22.7 Å². The number of nitrogens with one attached hydrogen (secondary N) is 1. The van der Waals surface area contributed by atoms with Crippen LogP contribution in [-0.4, -0.2) is 33.0 Å². The molecule has 32 heavy (non-hydrogen) atoms. The summed E-state index contributed by atoms with van der Waals surface area (Å²) >= 11 is 7.28. The molecule has 0 spiro atoms. The average molecular weight is 469 g/mol. The van der Waals surface area contributed by atoms with Crippen LogP contribution in [0.5, 0.6) is 5.75 Å². The molecule has 4 aromatic rings. The van der Waals surface area contributed by atoms with Crippen molar-refractivity contribution in [3.05, 3.63) is 71.4 Å². The summed E-state index contributed by atoms with van der Waals surface area (Å²) < 4.78 is 12.9. The van der Waals surface area contributed by atoms with Gasteiger partial charge >= 0.3 is 0 Å². The minimum Gasteiger partial charge on any atom is -0.494 e. The first-order chi connectivity index (χ1) is 15.5. The second kappa shape index (κ2) is 9.93. The van der Waals surface area contributed by atoms with Crippen molar-refractivity contribution in [3.8, 4) is 23.0 Å². The summed E-state index contributed by atoms with van der Waals surface area (Å²) in [6.07, 6.45) is 1.58. The van der Waals surface area contributed by atoms with Gasteiger partial charge in [-0.05, 0) is 74.0 Å². The van der Waals surface area contributed by atoms with Crippen molar-refractivity contribution in [3.63, 3.8) is 0 Å². The topological polar surface area (TPSA) is 82.2 Å². The maximum Gasteiger partial charge on any atom is 0.234 e. The van der Waals surface area contributed by atoms with Crippen molar-refractivity contribution < 1.29 is 13.9 Å². The molecule has 0 radical (unpaired) electrons. The van der Waals surface area contributed by atoms with Crippen molar-refractivity contribution in [1.29, 1.82) is 0 Å². The third-order valence-electron chi connectivity index (χ3n) is 4.58. The number of furan rings is 1. The fourth-order valence-corrected chi connectivity index (χ4v) is 4.08. The Kier molecular flexibility index (Phi) is 6.82. The summed E-state index contributed by atoms with van der Waals surface area (Å²) in [6, 6.07) is 16.6. The SMILES string of the molecule is CCOc1ccc(-n2c(SCC(=O)Nc3ccc(Cl)cc3C)nnc2-c2ccco2)cc1. The molecule has 0 aliphatic rings. The molecule has 4 rings (SSSR count). The van der Waals surface area contributed by atoms with Crippen LogP contribution in [-0.2, 0) is 4.79 Å². The van der Waals surface area contributed by atoms with Crippen LogP contribution in [0, 0.1) is 6.92 Å². The standard InChI is InChI=1S/C23H21ClN4O3S/c1-3-30-18-9-7-17(8-10-18)28-22(20-5-4-12-31-20)26-27-23(28)32-14-21(29)25-19-11-6-16(24)13-15(19)2/h4-13H,3,14H2,1-2H3,(H,25,29). The van der Waals surface area contributed by atoms with Gasteiger partial charge in [0.15, 0.2) is 10.9 Å². The van der Waals surface area contributed by atoms with Gasteiger partial charge in [0.05, 0.1) is 24.3 Å². The second-order valence-corrected chi connectivity index (χ2v) is 8.22. The quantitative estimate of drug-likeness (QED) is 0.338. The van der Waals surface area contributed by atoms with Crippen molar-refractivity contribution >= 4 is 35.0 Å². The Balaban J connectivity index is 1.56. The predicted molar refractivity (Wildman–Crippen MR) is 126 cm³/mol. The van der Waals surface area contributed by atoms with Gasteiger partial charge in [-0.1, -0.05) is 23.4 Å². The highest BCUT2D eigenvalue weighted by Gasteiger charge is 2.19. The average Bonchev–Trinajstić information content (AvgIpc) is 3.45. The molecule has 0 saturated carbocycles. The van der Waals surface area contributed by atoms with Crippen LogP contribution in [0.1, 0.15) is 12.5 Å². The second-order valence-electron chi connectivity index (χ2n) is 6.84. The van der Waals surface area contributed by atoms with E-state index < -0.39 is 0 Å². The minimum absolute atomic E-state index is 0.152. The van der Waals surface area contributed by atoms with Gasteiger partial charge in [0.1, 0.15) is 5.75 Å². The van der Waals surface area contributed by atoms with Crippen LogP contribution >= 0.6 is 23.4 Å². The molecular formula is C23H21ClN4O3S. The van der Waals surface area contributed by atoms with E-state index in [2.05, 4.69) is 15.5 Å². The van der Waals surface area contributed by atoms with E-state index in [9.17, 15) is 4.79 Å². The van der Waals surface area contributed by atoms with Gasteiger partial charge in [0, 0.05) is 10.7 Å². The maximum atomic E-state index is 12.6. The number of ether oxygens (including phenoxy) is 1. The highest BCUT2D eigenvalue weighted by atomic mass is 35.5. The van der Waals surface area contributed by atoms with E-state index in [1.165, 1.54) is 11.8 Å². The Labute approximate surface area is 194 Å². The molecule has 2 aromatic carbocycles. The van der Waals surface area contributed by atoms with E-state index in [1.807, 2.05) is 54.8 Å². The molecule has 0 saturated heterocycles. The highest BCUT2D eigenvalue weighted by Crippen LogP contribution is 2.29. The number of amides is 1. The van der Waals surface area contributed by atoms with Gasteiger partial charge in [0.2, 0.25) is 11.7 Å². The number of carbonyl (C=O) groups excluding carboxylic acids is 1. The molecule has 1 amide bonds. The Bertz CT molecular complexity index is 1210. The maximum absolute atomic E-state index is 12.6. The summed E-state index contributed by atoms with van der Waals surface area (Å²) in [5.41, 5.74) is 2.46. The molecule has 0 atom stereocenters. The van der Waals surface area contributed by atoms with Crippen LogP contribution in [0.2, 0.25) is 5.02 Å². The molecule has 0 bridgehead atoms. The lowest BCUT2D eigenvalue weighted by Gasteiger charge is -2.11. The molecule has 1 N–H and O–H groups in total. The molecule has 164 valence electrons. The van der Waals surface area contributed by atoms with Crippen LogP contribution in [0.4, 0.5) is 5.69 Å². The summed E-state index contributed by atoms with van der Waals surface area (Å²) in [7, 11) is 0. The van der Waals surface area contributed by atoms with Gasteiger partial charge in [-0.3, -0.25) is 9.36 Å². The number of halogens is 1. The molecule has 0 aliphatic carbocycles. The number of rotatable bonds is 8. The lowest BCUT2D eigenvalue weighted by Crippen LogP contribution is -2.15. The van der Waals surface area contributed by atoms with E-state index in [4.69, 9.17) is 20.8 Å². The van der Waals surface area contributed by atoms with Gasteiger partial charge in [-0.25, -0.2) is 0 Å². The zero-order valence-electron chi connectivity index (χ0n) is 17.5. The number of carbonyl (C=O) groups is 1. The Morgan fingerprint density at radius 2 is 2.00 bits per heavy atom. The molecular weight excluding hydrogens is 448 g/mol. The lowest BCUT2D eigenvalue weighted by atomic mass is 10.2. The Morgan fingerprint density at radius 3 is 2.69 bits per heavy atom. The minimum atomic E-state index is -0.152. The molecule has 0 unspecified atom stereocenters. The first-order valence-corrected chi connectivity index (χ1v) is 11.3. The van der Waals surface area contributed by atoms with E-state index >= 15 is 0 Å². The van der Waals surface area contributed by atoms with Crippen LogP contribution in [0.3, 0.4) is 0 Å². The molecule has 2 aromatic heterocycles. The van der Waals surface area contributed by atoms with E-state index in [-0.39, 0.29) is 11.7 Å². The molecule has 2 heterocycles. The summed E-state index contributed by atoms with van der Waals surface area (Å²) in [6.45, 7) is 4.42. The summed E-state index contributed by atoms with van der Waals surface area (Å²) in [5, 5.41) is 12.7. The number of hydrogen-bond acceptors (Lipinski definition) is 6. The number of thioether (sulfide) groups is 1. The number of anilines is 1. The number of benzene rings is 2. The van der Waals surface area contributed by atoms with E-state index in [0.29, 0.717) is 28.4 Å². The van der Waals surface area contributed by atoms with Crippen molar-refractivity contribution in [2.45, 2.75) is 19.0 Å². The molecule has 0 fully saturated rings. The smallest absolute Gasteiger partial charge is 0.234 e. The summed E-state index contributed by atoms with van der Waals surface area (Å²) in [4.78, 5) is 12.6. The Morgan fingerprint density at radius 1 is 1.19 bits per heavy atom. The highest BCUT2D eigenvalue weighted by molar-refractivity contribution is 7.99. The third kappa shape index (κ3) is 4.98.